The summed E-state index contributed by atoms with van der Waals surface area (Å²) >= 11 is 0. The maximum atomic E-state index is 13.6. The zero-order chi connectivity index (χ0) is 12.4. The van der Waals surface area contributed by atoms with Crippen LogP contribution in [-0.2, 0) is 4.74 Å². The smallest absolute Gasteiger partial charge is 0.194 e. The Kier molecular flexibility index (Phi) is 3.52. The molecule has 4 heteroatoms. The molecular formula is C13H14F2O2. The fraction of sp³-hybridized carbons (Fsp3) is 0.462. The molecule has 0 spiro atoms. The molecule has 1 saturated heterocycles. The van der Waals surface area contributed by atoms with Gasteiger partial charge in [-0.1, -0.05) is 0 Å². The van der Waals surface area contributed by atoms with Gasteiger partial charge in [0.05, 0.1) is 5.56 Å². The van der Waals surface area contributed by atoms with Crippen LogP contribution in [0.3, 0.4) is 0 Å². The highest BCUT2D eigenvalue weighted by atomic mass is 19.1. The largest absolute Gasteiger partial charge is 0.370 e. The van der Waals surface area contributed by atoms with Gasteiger partial charge in [0.1, 0.15) is 17.7 Å². The van der Waals surface area contributed by atoms with Crippen LogP contribution in [0.1, 0.15) is 35.2 Å². The Morgan fingerprint density at radius 1 is 1.29 bits per heavy atom. The first kappa shape index (κ1) is 12.2. The Bertz CT molecular complexity index is 437. The average molecular weight is 240 g/mol. The average Bonchev–Trinajstić information content (AvgIpc) is 2.34. The van der Waals surface area contributed by atoms with E-state index in [4.69, 9.17) is 4.74 Å². The number of hydrogen-bond acceptors (Lipinski definition) is 2. The number of carbonyl (C=O) groups is 1. The molecule has 1 aliphatic heterocycles. The van der Waals surface area contributed by atoms with Crippen molar-refractivity contribution in [2.75, 3.05) is 6.61 Å². The molecule has 0 aromatic heterocycles. The van der Waals surface area contributed by atoms with Crippen molar-refractivity contribution >= 4 is 5.78 Å². The summed E-state index contributed by atoms with van der Waals surface area (Å²) in [5.41, 5.74) is -0.0105. The molecule has 2 nitrogen and oxygen atoms in total. The number of hydrogen-bond donors (Lipinski definition) is 0. The van der Waals surface area contributed by atoms with Crippen molar-refractivity contribution in [1.82, 2.24) is 0 Å². The molecule has 1 aromatic rings. The Labute approximate surface area is 98.6 Å². The van der Waals surface area contributed by atoms with Crippen LogP contribution in [-0.4, -0.2) is 18.5 Å². The van der Waals surface area contributed by atoms with Crippen LogP contribution in [0, 0.1) is 18.6 Å². The molecule has 1 atom stereocenters. The van der Waals surface area contributed by atoms with Gasteiger partial charge in [-0.2, -0.15) is 0 Å². The zero-order valence-corrected chi connectivity index (χ0v) is 9.63. The summed E-state index contributed by atoms with van der Waals surface area (Å²) in [5.74, 6) is -1.70. The van der Waals surface area contributed by atoms with E-state index in [1.807, 2.05) is 0 Å². The predicted octanol–water partition coefficient (Wildman–Crippen LogP) is 3.03. The molecule has 0 saturated carbocycles. The first-order chi connectivity index (χ1) is 8.09. The highest BCUT2D eigenvalue weighted by Gasteiger charge is 2.26. The number of carbonyl (C=O) groups excluding carboxylic acids is 1. The van der Waals surface area contributed by atoms with Crippen LogP contribution in [0.25, 0.3) is 0 Å². The molecule has 0 N–H and O–H groups in total. The lowest BCUT2D eigenvalue weighted by atomic mass is 9.98. The molecule has 1 unspecified atom stereocenters. The Hall–Kier alpha value is -1.29. The maximum Gasteiger partial charge on any atom is 0.194 e. The summed E-state index contributed by atoms with van der Waals surface area (Å²) in [6.07, 6.45) is 1.75. The van der Waals surface area contributed by atoms with E-state index in [9.17, 15) is 13.6 Å². The van der Waals surface area contributed by atoms with Crippen molar-refractivity contribution in [2.24, 2.45) is 0 Å². The van der Waals surface area contributed by atoms with E-state index in [1.54, 1.807) is 0 Å². The van der Waals surface area contributed by atoms with E-state index in [0.29, 0.717) is 13.0 Å². The summed E-state index contributed by atoms with van der Waals surface area (Å²) in [6.45, 7) is 1.97. The molecule has 0 amide bonds. The molecule has 1 aliphatic rings. The lowest BCUT2D eigenvalue weighted by Gasteiger charge is -2.21. The number of aryl methyl sites for hydroxylation is 1. The van der Waals surface area contributed by atoms with E-state index in [-0.39, 0.29) is 11.1 Å². The SMILES string of the molecule is Cc1cc(F)c(C(=O)C2CCCCO2)cc1F. The number of benzene rings is 1. The summed E-state index contributed by atoms with van der Waals surface area (Å²) in [5, 5.41) is 0. The van der Waals surface area contributed by atoms with E-state index in [0.717, 1.165) is 25.0 Å². The van der Waals surface area contributed by atoms with Crippen LogP contribution in [0.5, 0.6) is 0 Å². The molecule has 1 aromatic carbocycles. The molecule has 0 radical (unpaired) electrons. The second-order valence-corrected chi connectivity index (χ2v) is 4.30. The van der Waals surface area contributed by atoms with Gasteiger partial charge in [0.25, 0.3) is 0 Å². The Morgan fingerprint density at radius 3 is 2.71 bits per heavy atom. The van der Waals surface area contributed by atoms with Crippen molar-refractivity contribution < 1.29 is 18.3 Å². The van der Waals surface area contributed by atoms with Crippen LogP contribution >= 0.6 is 0 Å². The predicted molar refractivity (Wildman–Crippen MR) is 59.0 cm³/mol. The first-order valence-corrected chi connectivity index (χ1v) is 5.71. The monoisotopic (exact) mass is 240 g/mol. The lowest BCUT2D eigenvalue weighted by Crippen LogP contribution is -2.29. The Balaban J connectivity index is 2.26. The van der Waals surface area contributed by atoms with Crippen molar-refractivity contribution in [3.63, 3.8) is 0 Å². The molecule has 0 aliphatic carbocycles. The van der Waals surface area contributed by atoms with Gasteiger partial charge >= 0.3 is 0 Å². The van der Waals surface area contributed by atoms with Gasteiger partial charge in [-0.3, -0.25) is 4.79 Å². The second-order valence-electron chi connectivity index (χ2n) is 4.30. The van der Waals surface area contributed by atoms with Crippen LogP contribution < -0.4 is 0 Å². The molecular weight excluding hydrogens is 226 g/mol. The van der Waals surface area contributed by atoms with Gasteiger partial charge in [-0.15, -0.1) is 0 Å². The van der Waals surface area contributed by atoms with Crippen LogP contribution in [0.15, 0.2) is 12.1 Å². The third-order valence-corrected chi connectivity index (χ3v) is 2.99. The Morgan fingerprint density at radius 2 is 2.06 bits per heavy atom. The van der Waals surface area contributed by atoms with Crippen molar-refractivity contribution in [3.05, 3.63) is 34.9 Å². The zero-order valence-electron chi connectivity index (χ0n) is 9.63. The van der Waals surface area contributed by atoms with E-state index < -0.39 is 23.5 Å². The van der Waals surface area contributed by atoms with E-state index >= 15 is 0 Å². The third kappa shape index (κ3) is 2.52. The molecule has 92 valence electrons. The summed E-state index contributed by atoms with van der Waals surface area (Å²) in [6, 6.07) is 2.01. The van der Waals surface area contributed by atoms with E-state index in [1.165, 1.54) is 6.92 Å². The topological polar surface area (TPSA) is 26.3 Å². The highest BCUT2D eigenvalue weighted by molar-refractivity contribution is 5.99. The number of ketones is 1. The number of rotatable bonds is 2. The minimum Gasteiger partial charge on any atom is -0.370 e. The maximum absolute atomic E-state index is 13.6. The fourth-order valence-corrected chi connectivity index (χ4v) is 1.96. The molecule has 0 bridgehead atoms. The highest BCUT2D eigenvalue weighted by Crippen LogP contribution is 2.21. The fourth-order valence-electron chi connectivity index (χ4n) is 1.96. The van der Waals surface area contributed by atoms with Gasteiger partial charge in [0.15, 0.2) is 5.78 Å². The van der Waals surface area contributed by atoms with Gasteiger partial charge in [-0.05, 0) is 43.9 Å². The summed E-state index contributed by atoms with van der Waals surface area (Å²) in [4.78, 5) is 12.0. The van der Waals surface area contributed by atoms with E-state index in [2.05, 4.69) is 0 Å². The van der Waals surface area contributed by atoms with Gasteiger partial charge in [-0.25, -0.2) is 8.78 Å². The normalized spacial score (nSPS) is 20.3. The molecule has 1 heterocycles. The standard InChI is InChI=1S/C13H14F2O2/c1-8-6-11(15)9(7-10(8)14)13(16)12-4-2-3-5-17-12/h6-7,12H,2-5H2,1H3. The van der Waals surface area contributed by atoms with Crippen molar-refractivity contribution in [3.8, 4) is 0 Å². The molecule has 1 fully saturated rings. The quantitative estimate of drug-likeness (QED) is 0.743. The third-order valence-electron chi connectivity index (χ3n) is 2.99. The minimum atomic E-state index is -0.678. The van der Waals surface area contributed by atoms with Crippen molar-refractivity contribution in [2.45, 2.75) is 32.3 Å². The number of Topliss-reactive ketones (excluding diaryl/α,β-unsaturated/α-hetero) is 1. The van der Waals surface area contributed by atoms with Crippen LogP contribution in [0.4, 0.5) is 8.78 Å². The van der Waals surface area contributed by atoms with Gasteiger partial charge in [0.2, 0.25) is 0 Å². The van der Waals surface area contributed by atoms with Gasteiger partial charge < -0.3 is 4.74 Å². The summed E-state index contributed by atoms with van der Waals surface area (Å²) < 4.78 is 32.2. The first-order valence-electron chi connectivity index (χ1n) is 5.71. The molecule has 17 heavy (non-hydrogen) atoms. The van der Waals surface area contributed by atoms with Gasteiger partial charge in [0, 0.05) is 6.61 Å². The second kappa shape index (κ2) is 4.92. The van der Waals surface area contributed by atoms with Crippen LogP contribution in [0.2, 0.25) is 0 Å². The lowest BCUT2D eigenvalue weighted by molar-refractivity contribution is 0.0183. The molecule has 2 rings (SSSR count). The van der Waals surface area contributed by atoms with Crippen molar-refractivity contribution in [1.29, 1.82) is 0 Å². The summed E-state index contributed by atoms with van der Waals surface area (Å²) in [7, 11) is 0. The number of halogens is 2. The minimum absolute atomic E-state index is 0.198. The number of ether oxygens (including phenoxy) is 1.